The van der Waals surface area contributed by atoms with Crippen molar-refractivity contribution in [3.8, 4) is 11.1 Å². The SMILES string of the molecule is O=C(O)c1cncc(-c2cnn(C3COC3)c2)c1. The average Bonchev–Trinajstić information content (AvgIpc) is 2.76. The quantitative estimate of drug-likeness (QED) is 0.879. The van der Waals surface area contributed by atoms with Crippen molar-refractivity contribution in [3.05, 3.63) is 36.4 Å². The molecule has 2 aromatic heterocycles. The van der Waals surface area contributed by atoms with Gasteiger partial charge in [0.25, 0.3) is 0 Å². The molecule has 0 bridgehead atoms. The van der Waals surface area contributed by atoms with Crippen molar-refractivity contribution in [3.63, 3.8) is 0 Å². The molecule has 6 nitrogen and oxygen atoms in total. The first-order valence-corrected chi connectivity index (χ1v) is 5.54. The number of rotatable bonds is 3. The normalized spacial score (nSPS) is 15.3. The molecule has 0 aliphatic carbocycles. The first kappa shape index (κ1) is 10.9. The van der Waals surface area contributed by atoms with Crippen molar-refractivity contribution in [2.24, 2.45) is 0 Å². The maximum Gasteiger partial charge on any atom is 0.337 e. The number of carboxylic acids is 1. The van der Waals surface area contributed by atoms with Crippen LogP contribution in [0.15, 0.2) is 30.9 Å². The molecule has 0 radical (unpaired) electrons. The predicted octanol–water partition coefficient (Wildman–Crippen LogP) is 1.21. The molecule has 0 saturated carbocycles. The molecule has 0 amide bonds. The van der Waals surface area contributed by atoms with Crippen molar-refractivity contribution >= 4 is 5.97 Å². The molecule has 6 heteroatoms. The zero-order valence-corrected chi connectivity index (χ0v) is 9.48. The van der Waals surface area contributed by atoms with E-state index in [1.165, 1.54) is 6.20 Å². The van der Waals surface area contributed by atoms with Gasteiger partial charge in [0, 0.05) is 29.7 Å². The Kier molecular flexibility index (Phi) is 2.56. The monoisotopic (exact) mass is 245 g/mol. The molecule has 3 heterocycles. The zero-order valence-electron chi connectivity index (χ0n) is 9.48. The smallest absolute Gasteiger partial charge is 0.337 e. The van der Waals surface area contributed by atoms with Crippen LogP contribution >= 0.6 is 0 Å². The third kappa shape index (κ3) is 1.86. The lowest BCUT2D eigenvalue weighted by molar-refractivity contribution is -0.0286. The van der Waals surface area contributed by atoms with E-state index >= 15 is 0 Å². The number of pyridine rings is 1. The molecular formula is C12H11N3O3. The van der Waals surface area contributed by atoms with E-state index in [-0.39, 0.29) is 11.6 Å². The molecule has 0 atom stereocenters. The summed E-state index contributed by atoms with van der Waals surface area (Å²) < 4.78 is 6.94. The molecule has 2 aromatic rings. The number of aromatic carboxylic acids is 1. The lowest BCUT2D eigenvalue weighted by Gasteiger charge is -2.25. The van der Waals surface area contributed by atoms with Gasteiger partial charge in [-0.05, 0) is 6.07 Å². The van der Waals surface area contributed by atoms with E-state index in [0.29, 0.717) is 13.2 Å². The number of aromatic nitrogens is 3. The molecule has 18 heavy (non-hydrogen) atoms. The largest absolute Gasteiger partial charge is 0.478 e. The highest BCUT2D eigenvalue weighted by molar-refractivity contribution is 5.88. The molecule has 1 aliphatic heterocycles. The van der Waals surface area contributed by atoms with Crippen LogP contribution in [-0.2, 0) is 4.74 Å². The van der Waals surface area contributed by atoms with Gasteiger partial charge in [-0.25, -0.2) is 4.79 Å². The minimum Gasteiger partial charge on any atom is -0.478 e. The number of carboxylic acid groups (broad SMARTS) is 1. The van der Waals surface area contributed by atoms with Crippen molar-refractivity contribution in [2.75, 3.05) is 13.2 Å². The summed E-state index contributed by atoms with van der Waals surface area (Å²) in [5.41, 5.74) is 1.78. The maximum absolute atomic E-state index is 10.9. The van der Waals surface area contributed by atoms with E-state index in [1.807, 2.05) is 10.9 Å². The molecule has 0 unspecified atom stereocenters. The van der Waals surface area contributed by atoms with Gasteiger partial charge in [-0.1, -0.05) is 0 Å². The summed E-state index contributed by atoms with van der Waals surface area (Å²) in [6.07, 6.45) is 6.55. The Morgan fingerprint density at radius 3 is 2.83 bits per heavy atom. The second-order valence-electron chi connectivity index (χ2n) is 4.17. The Morgan fingerprint density at radius 1 is 1.33 bits per heavy atom. The van der Waals surface area contributed by atoms with E-state index in [4.69, 9.17) is 9.84 Å². The lowest BCUT2D eigenvalue weighted by Crippen LogP contribution is -2.30. The second kappa shape index (κ2) is 4.23. The molecular weight excluding hydrogens is 234 g/mol. The Balaban J connectivity index is 1.91. The Bertz CT molecular complexity index is 590. The summed E-state index contributed by atoms with van der Waals surface area (Å²) >= 11 is 0. The van der Waals surface area contributed by atoms with Crippen LogP contribution in [0.4, 0.5) is 0 Å². The van der Waals surface area contributed by atoms with E-state index in [9.17, 15) is 4.79 Å². The van der Waals surface area contributed by atoms with Crippen molar-refractivity contribution in [2.45, 2.75) is 6.04 Å². The number of hydrogen-bond acceptors (Lipinski definition) is 4. The highest BCUT2D eigenvalue weighted by Crippen LogP contribution is 2.22. The van der Waals surface area contributed by atoms with Gasteiger partial charge in [-0.2, -0.15) is 5.10 Å². The summed E-state index contributed by atoms with van der Waals surface area (Å²) in [7, 11) is 0. The van der Waals surface area contributed by atoms with Crippen molar-refractivity contribution in [1.82, 2.24) is 14.8 Å². The maximum atomic E-state index is 10.9. The predicted molar refractivity (Wildman–Crippen MR) is 62.3 cm³/mol. The summed E-state index contributed by atoms with van der Waals surface area (Å²) in [5, 5.41) is 13.2. The van der Waals surface area contributed by atoms with E-state index in [1.54, 1.807) is 18.5 Å². The molecule has 3 rings (SSSR count). The Labute approximate surface area is 103 Å². The number of carbonyl (C=O) groups is 1. The molecule has 1 saturated heterocycles. The van der Waals surface area contributed by atoms with Crippen molar-refractivity contribution < 1.29 is 14.6 Å². The van der Waals surface area contributed by atoms with Gasteiger partial charge in [0.05, 0.1) is 31.0 Å². The van der Waals surface area contributed by atoms with Crippen LogP contribution in [0.3, 0.4) is 0 Å². The topological polar surface area (TPSA) is 77.2 Å². The van der Waals surface area contributed by atoms with Gasteiger partial charge in [0.1, 0.15) is 0 Å². The zero-order chi connectivity index (χ0) is 12.5. The van der Waals surface area contributed by atoms with Gasteiger partial charge in [0.2, 0.25) is 0 Å². The lowest BCUT2D eigenvalue weighted by atomic mass is 10.1. The third-order valence-corrected chi connectivity index (χ3v) is 2.91. The minimum atomic E-state index is -0.982. The van der Waals surface area contributed by atoms with Gasteiger partial charge in [-0.15, -0.1) is 0 Å². The van der Waals surface area contributed by atoms with Crippen LogP contribution in [-0.4, -0.2) is 39.1 Å². The fourth-order valence-corrected chi connectivity index (χ4v) is 1.78. The fourth-order valence-electron chi connectivity index (χ4n) is 1.78. The highest BCUT2D eigenvalue weighted by Gasteiger charge is 2.21. The summed E-state index contributed by atoms with van der Waals surface area (Å²) in [6, 6.07) is 1.88. The summed E-state index contributed by atoms with van der Waals surface area (Å²) in [4.78, 5) is 14.8. The molecule has 0 spiro atoms. The minimum absolute atomic E-state index is 0.173. The van der Waals surface area contributed by atoms with Gasteiger partial charge in [0.15, 0.2) is 0 Å². The molecule has 1 fully saturated rings. The van der Waals surface area contributed by atoms with Gasteiger partial charge >= 0.3 is 5.97 Å². The van der Waals surface area contributed by atoms with Gasteiger partial charge in [-0.3, -0.25) is 9.67 Å². The summed E-state index contributed by atoms with van der Waals surface area (Å²) in [5.74, 6) is -0.982. The first-order chi connectivity index (χ1) is 8.74. The van der Waals surface area contributed by atoms with E-state index < -0.39 is 5.97 Å². The highest BCUT2D eigenvalue weighted by atomic mass is 16.5. The molecule has 92 valence electrons. The van der Waals surface area contributed by atoms with Crippen LogP contribution in [0.2, 0.25) is 0 Å². The Morgan fingerprint density at radius 2 is 2.17 bits per heavy atom. The fraction of sp³-hybridized carbons (Fsp3) is 0.250. The van der Waals surface area contributed by atoms with Gasteiger partial charge < -0.3 is 9.84 Å². The Hall–Kier alpha value is -2.21. The standard InChI is InChI=1S/C12H11N3O3/c16-12(17)9-1-8(2-13-3-9)10-4-14-15(5-10)11-6-18-7-11/h1-5,11H,6-7H2,(H,16,17). The number of hydrogen-bond donors (Lipinski definition) is 1. The van der Waals surface area contributed by atoms with Crippen LogP contribution in [0.1, 0.15) is 16.4 Å². The second-order valence-corrected chi connectivity index (χ2v) is 4.17. The van der Waals surface area contributed by atoms with E-state index in [0.717, 1.165) is 11.1 Å². The van der Waals surface area contributed by atoms with Crippen LogP contribution < -0.4 is 0 Å². The van der Waals surface area contributed by atoms with Crippen LogP contribution in [0, 0.1) is 0 Å². The van der Waals surface area contributed by atoms with E-state index in [2.05, 4.69) is 10.1 Å². The van der Waals surface area contributed by atoms with Crippen LogP contribution in [0.5, 0.6) is 0 Å². The number of nitrogens with zero attached hydrogens (tertiary/aromatic N) is 3. The number of ether oxygens (including phenoxy) is 1. The molecule has 1 aliphatic rings. The van der Waals surface area contributed by atoms with Crippen LogP contribution in [0.25, 0.3) is 11.1 Å². The summed E-state index contributed by atoms with van der Waals surface area (Å²) in [6.45, 7) is 1.35. The molecule has 0 aromatic carbocycles. The average molecular weight is 245 g/mol. The van der Waals surface area contributed by atoms with Crippen molar-refractivity contribution in [1.29, 1.82) is 0 Å². The first-order valence-electron chi connectivity index (χ1n) is 5.54. The molecule has 1 N–H and O–H groups in total. The third-order valence-electron chi connectivity index (χ3n) is 2.91.